The Morgan fingerprint density at radius 3 is 2.54 bits per heavy atom. The Morgan fingerprint density at radius 1 is 1.12 bits per heavy atom. The molecule has 3 heterocycles. The maximum Gasteiger partial charge on any atom is 0.253 e. The van der Waals surface area contributed by atoms with Crippen LogP contribution in [0, 0.1) is 6.92 Å². The second kappa shape index (κ2) is 6.38. The molecule has 0 unspecified atom stereocenters. The van der Waals surface area contributed by atoms with Crippen molar-refractivity contribution in [3.63, 3.8) is 0 Å². The molecule has 6 heteroatoms. The predicted molar refractivity (Wildman–Crippen MR) is 100 cm³/mol. The van der Waals surface area contributed by atoms with Crippen molar-refractivity contribution in [3.8, 4) is 28.1 Å². The maximum absolute atomic E-state index is 12.1. The van der Waals surface area contributed by atoms with Gasteiger partial charge in [-0.15, -0.1) is 0 Å². The number of hydrogen-bond acceptors (Lipinski definition) is 5. The third kappa shape index (κ3) is 2.78. The molecule has 0 radical (unpaired) electrons. The molecule has 6 nitrogen and oxygen atoms in total. The molecule has 3 aromatic rings. The standard InChI is InChI=1S/C20H20N4O2/c1-12-15(7-8-24(2)20(12)26)13-3-4-16(19(25)9-13)18-6-5-17(22-23-18)14-10-21-11-14/h3-9,14,21,25H,10-11H2,1-2H3. The summed E-state index contributed by atoms with van der Waals surface area (Å²) >= 11 is 0. The van der Waals surface area contributed by atoms with Crippen LogP contribution in [0.5, 0.6) is 5.75 Å². The summed E-state index contributed by atoms with van der Waals surface area (Å²) in [6.07, 6.45) is 1.73. The van der Waals surface area contributed by atoms with E-state index in [1.807, 2.05) is 30.3 Å². The first-order valence-corrected chi connectivity index (χ1v) is 8.59. The third-order valence-electron chi connectivity index (χ3n) is 4.98. The molecule has 0 aliphatic carbocycles. The normalized spacial score (nSPS) is 14.2. The van der Waals surface area contributed by atoms with Crippen molar-refractivity contribution in [2.45, 2.75) is 12.8 Å². The lowest BCUT2D eigenvalue weighted by Gasteiger charge is -2.25. The molecular weight excluding hydrogens is 328 g/mol. The number of aromatic hydroxyl groups is 1. The molecule has 26 heavy (non-hydrogen) atoms. The van der Waals surface area contributed by atoms with E-state index in [9.17, 15) is 9.90 Å². The summed E-state index contributed by atoms with van der Waals surface area (Å²) in [6.45, 7) is 3.66. The summed E-state index contributed by atoms with van der Waals surface area (Å²) in [5, 5.41) is 22.3. The molecule has 1 aliphatic heterocycles. The van der Waals surface area contributed by atoms with Gasteiger partial charge in [0.05, 0.1) is 11.4 Å². The molecule has 4 rings (SSSR count). The highest BCUT2D eigenvalue weighted by atomic mass is 16.3. The average molecular weight is 348 g/mol. The van der Waals surface area contributed by atoms with E-state index >= 15 is 0 Å². The summed E-state index contributed by atoms with van der Waals surface area (Å²) in [5.74, 6) is 0.547. The maximum atomic E-state index is 12.1. The lowest BCUT2D eigenvalue weighted by Crippen LogP contribution is -2.40. The zero-order chi connectivity index (χ0) is 18.3. The Bertz CT molecular complexity index is 1020. The minimum Gasteiger partial charge on any atom is -0.507 e. The molecule has 2 N–H and O–H groups in total. The van der Waals surface area contributed by atoms with Gasteiger partial charge in [0.25, 0.3) is 5.56 Å². The first kappa shape index (κ1) is 16.5. The van der Waals surface area contributed by atoms with Gasteiger partial charge in [0.1, 0.15) is 5.75 Å². The van der Waals surface area contributed by atoms with Crippen LogP contribution in [-0.4, -0.2) is 33.0 Å². The first-order chi connectivity index (χ1) is 12.5. The molecule has 0 bridgehead atoms. The van der Waals surface area contributed by atoms with E-state index in [0.717, 1.165) is 29.9 Å². The van der Waals surface area contributed by atoms with E-state index in [-0.39, 0.29) is 11.3 Å². The van der Waals surface area contributed by atoms with Crippen molar-refractivity contribution in [1.82, 2.24) is 20.1 Å². The highest BCUT2D eigenvalue weighted by Gasteiger charge is 2.21. The highest BCUT2D eigenvalue weighted by molar-refractivity contribution is 5.75. The fraction of sp³-hybridized carbons (Fsp3) is 0.250. The number of nitrogens with zero attached hydrogens (tertiary/aromatic N) is 3. The Balaban J connectivity index is 1.68. The number of rotatable bonds is 3. The predicted octanol–water partition coefficient (Wildman–Crippen LogP) is 2.21. The molecule has 0 amide bonds. The highest BCUT2D eigenvalue weighted by Crippen LogP contribution is 2.33. The Labute approximate surface area is 151 Å². The molecule has 0 spiro atoms. The number of benzene rings is 1. The van der Waals surface area contributed by atoms with Crippen molar-refractivity contribution in [2.75, 3.05) is 13.1 Å². The van der Waals surface area contributed by atoms with E-state index < -0.39 is 0 Å². The van der Waals surface area contributed by atoms with Crippen LogP contribution < -0.4 is 10.9 Å². The van der Waals surface area contributed by atoms with E-state index in [0.29, 0.717) is 22.7 Å². The van der Waals surface area contributed by atoms with Crippen LogP contribution in [0.4, 0.5) is 0 Å². The summed E-state index contributed by atoms with van der Waals surface area (Å²) < 4.78 is 1.54. The summed E-state index contributed by atoms with van der Waals surface area (Å²) in [7, 11) is 1.72. The van der Waals surface area contributed by atoms with Gasteiger partial charge in [-0.3, -0.25) is 4.79 Å². The smallest absolute Gasteiger partial charge is 0.253 e. The minimum atomic E-state index is -0.0435. The van der Waals surface area contributed by atoms with Crippen LogP contribution in [0.15, 0.2) is 47.4 Å². The van der Waals surface area contributed by atoms with Crippen LogP contribution in [0.2, 0.25) is 0 Å². The zero-order valence-electron chi connectivity index (χ0n) is 14.7. The van der Waals surface area contributed by atoms with Gasteiger partial charge >= 0.3 is 0 Å². The van der Waals surface area contributed by atoms with Crippen molar-refractivity contribution >= 4 is 0 Å². The van der Waals surface area contributed by atoms with Crippen LogP contribution in [-0.2, 0) is 7.05 Å². The van der Waals surface area contributed by atoms with Gasteiger partial charge in [0.15, 0.2) is 0 Å². The van der Waals surface area contributed by atoms with Crippen LogP contribution in [0.25, 0.3) is 22.4 Å². The van der Waals surface area contributed by atoms with Gasteiger partial charge in [0.2, 0.25) is 0 Å². The minimum absolute atomic E-state index is 0.0435. The fourth-order valence-electron chi connectivity index (χ4n) is 3.19. The molecule has 1 saturated heterocycles. The second-order valence-corrected chi connectivity index (χ2v) is 6.70. The van der Waals surface area contributed by atoms with E-state index in [4.69, 9.17) is 0 Å². The van der Waals surface area contributed by atoms with Gasteiger partial charge in [-0.05, 0) is 48.4 Å². The number of phenols is 1. The number of aromatic nitrogens is 3. The van der Waals surface area contributed by atoms with Crippen LogP contribution in [0.1, 0.15) is 17.2 Å². The lowest BCUT2D eigenvalue weighted by atomic mass is 9.97. The molecular formula is C20H20N4O2. The summed E-state index contributed by atoms with van der Waals surface area (Å²) in [4.78, 5) is 12.1. The monoisotopic (exact) mass is 348 g/mol. The molecule has 2 aromatic heterocycles. The quantitative estimate of drug-likeness (QED) is 0.759. The van der Waals surface area contributed by atoms with Gasteiger partial charge in [-0.25, -0.2) is 0 Å². The SMILES string of the molecule is Cc1c(-c2ccc(-c3ccc(C4CNC4)nn3)c(O)c2)ccn(C)c1=O. The van der Waals surface area contributed by atoms with Crippen molar-refractivity contribution in [3.05, 3.63) is 64.2 Å². The van der Waals surface area contributed by atoms with Crippen LogP contribution in [0.3, 0.4) is 0 Å². The van der Waals surface area contributed by atoms with Crippen molar-refractivity contribution < 1.29 is 5.11 Å². The number of pyridine rings is 1. The average Bonchev–Trinajstić information content (AvgIpc) is 2.59. The first-order valence-electron chi connectivity index (χ1n) is 8.59. The van der Waals surface area contributed by atoms with Gasteiger partial charge in [-0.1, -0.05) is 6.07 Å². The van der Waals surface area contributed by atoms with Crippen molar-refractivity contribution in [2.24, 2.45) is 7.05 Å². The Morgan fingerprint density at radius 2 is 1.92 bits per heavy atom. The second-order valence-electron chi connectivity index (χ2n) is 6.70. The molecule has 132 valence electrons. The molecule has 1 aromatic carbocycles. The molecule has 1 aliphatic rings. The van der Waals surface area contributed by atoms with Crippen molar-refractivity contribution in [1.29, 1.82) is 0 Å². The number of aryl methyl sites for hydroxylation is 1. The van der Waals surface area contributed by atoms with E-state index in [2.05, 4.69) is 15.5 Å². The van der Waals surface area contributed by atoms with Gasteiger partial charge in [0, 0.05) is 43.4 Å². The van der Waals surface area contributed by atoms with Crippen LogP contribution >= 0.6 is 0 Å². The summed E-state index contributed by atoms with van der Waals surface area (Å²) in [5.41, 5.74) is 4.45. The Kier molecular flexibility index (Phi) is 4.05. The number of nitrogens with one attached hydrogen (secondary N) is 1. The lowest BCUT2D eigenvalue weighted by molar-refractivity contribution is 0.436. The number of phenolic OH excluding ortho intramolecular Hbond substituents is 1. The van der Waals surface area contributed by atoms with E-state index in [1.54, 1.807) is 30.8 Å². The molecule has 0 saturated carbocycles. The topological polar surface area (TPSA) is 80.0 Å². The zero-order valence-corrected chi connectivity index (χ0v) is 14.7. The number of hydrogen-bond donors (Lipinski definition) is 2. The third-order valence-corrected chi connectivity index (χ3v) is 4.98. The molecule has 0 atom stereocenters. The fourth-order valence-corrected chi connectivity index (χ4v) is 3.19. The van der Waals surface area contributed by atoms with Gasteiger partial charge in [-0.2, -0.15) is 10.2 Å². The van der Waals surface area contributed by atoms with E-state index in [1.165, 1.54) is 0 Å². The Hall–Kier alpha value is -2.99. The largest absolute Gasteiger partial charge is 0.507 e. The molecule has 1 fully saturated rings. The van der Waals surface area contributed by atoms with Gasteiger partial charge < -0.3 is 15.0 Å². The summed E-state index contributed by atoms with van der Waals surface area (Å²) in [6, 6.07) is 11.1.